The highest BCUT2D eigenvalue weighted by molar-refractivity contribution is 6.35. The van der Waals surface area contributed by atoms with E-state index in [4.69, 9.17) is 33.7 Å². The standard InChI is InChI=1S/C13H18Cl2N2O/c14-12-2-1-3-13(15)11(12)9-17-6-7-18-10(8-17)4-5-16/h1-3,10H,4-9,16H2/t10-/m1/s1. The van der Waals surface area contributed by atoms with Crippen LogP contribution < -0.4 is 5.73 Å². The Bertz CT molecular complexity index is 378. The Morgan fingerprint density at radius 3 is 2.72 bits per heavy atom. The summed E-state index contributed by atoms with van der Waals surface area (Å²) >= 11 is 12.4. The molecule has 1 aliphatic heterocycles. The first kappa shape index (κ1) is 14.1. The Morgan fingerprint density at radius 1 is 1.33 bits per heavy atom. The zero-order valence-corrected chi connectivity index (χ0v) is 11.8. The fourth-order valence-electron chi connectivity index (χ4n) is 2.19. The quantitative estimate of drug-likeness (QED) is 0.925. The van der Waals surface area contributed by atoms with E-state index in [9.17, 15) is 0 Å². The van der Waals surface area contributed by atoms with Crippen LogP contribution in [-0.4, -0.2) is 37.2 Å². The Morgan fingerprint density at radius 2 is 2.06 bits per heavy atom. The third kappa shape index (κ3) is 3.59. The van der Waals surface area contributed by atoms with Crippen molar-refractivity contribution in [2.24, 2.45) is 5.73 Å². The molecule has 0 bridgehead atoms. The lowest BCUT2D eigenvalue weighted by Crippen LogP contribution is -2.42. The summed E-state index contributed by atoms with van der Waals surface area (Å²) in [5.74, 6) is 0. The lowest BCUT2D eigenvalue weighted by Gasteiger charge is -2.33. The Hall–Kier alpha value is -0.320. The molecular formula is C13H18Cl2N2O. The van der Waals surface area contributed by atoms with E-state index in [1.54, 1.807) is 0 Å². The van der Waals surface area contributed by atoms with Gasteiger partial charge in [-0.15, -0.1) is 0 Å². The van der Waals surface area contributed by atoms with Crippen LogP contribution in [0.15, 0.2) is 18.2 Å². The van der Waals surface area contributed by atoms with E-state index in [1.165, 1.54) is 0 Å². The van der Waals surface area contributed by atoms with Crippen molar-refractivity contribution in [1.29, 1.82) is 0 Å². The lowest BCUT2D eigenvalue weighted by molar-refractivity contribution is -0.0335. The summed E-state index contributed by atoms with van der Waals surface area (Å²) in [7, 11) is 0. The predicted octanol–water partition coefficient (Wildman–Crippen LogP) is 2.54. The number of nitrogens with zero attached hydrogens (tertiary/aromatic N) is 1. The first-order valence-electron chi connectivity index (χ1n) is 6.17. The van der Waals surface area contributed by atoms with Crippen molar-refractivity contribution in [3.05, 3.63) is 33.8 Å². The number of halogens is 2. The molecule has 0 aliphatic carbocycles. The van der Waals surface area contributed by atoms with Gasteiger partial charge in [0.05, 0.1) is 12.7 Å². The minimum absolute atomic E-state index is 0.227. The highest BCUT2D eigenvalue weighted by Crippen LogP contribution is 2.26. The largest absolute Gasteiger partial charge is 0.376 e. The van der Waals surface area contributed by atoms with Crippen molar-refractivity contribution >= 4 is 23.2 Å². The van der Waals surface area contributed by atoms with Gasteiger partial charge in [-0.05, 0) is 25.1 Å². The van der Waals surface area contributed by atoms with Gasteiger partial charge in [-0.2, -0.15) is 0 Å². The SMILES string of the molecule is NCC[C@@H]1CN(Cc2c(Cl)cccc2Cl)CCO1. The van der Waals surface area contributed by atoms with Gasteiger partial charge in [-0.3, -0.25) is 4.90 Å². The van der Waals surface area contributed by atoms with Crippen LogP contribution in [0.4, 0.5) is 0 Å². The van der Waals surface area contributed by atoms with Crippen LogP contribution in [0.1, 0.15) is 12.0 Å². The fourth-order valence-corrected chi connectivity index (χ4v) is 2.71. The number of rotatable bonds is 4. The summed E-state index contributed by atoms with van der Waals surface area (Å²) in [5, 5.41) is 1.45. The molecular weight excluding hydrogens is 271 g/mol. The molecule has 2 rings (SSSR count). The molecule has 0 radical (unpaired) electrons. The molecule has 1 saturated heterocycles. The Balaban J connectivity index is 2.00. The van der Waals surface area contributed by atoms with Crippen LogP contribution in [-0.2, 0) is 11.3 Å². The van der Waals surface area contributed by atoms with Crippen LogP contribution >= 0.6 is 23.2 Å². The van der Waals surface area contributed by atoms with Crippen LogP contribution in [0.25, 0.3) is 0 Å². The zero-order valence-electron chi connectivity index (χ0n) is 10.2. The average molecular weight is 289 g/mol. The van der Waals surface area contributed by atoms with Crippen LogP contribution in [0.5, 0.6) is 0 Å². The third-order valence-corrected chi connectivity index (χ3v) is 3.86. The molecule has 0 unspecified atom stereocenters. The van der Waals surface area contributed by atoms with Crippen molar-refractivity contribution in [2.45, 2.75) is 19.1 Å². The van der Waals surface area contributed by atoms with E-state index in [0.717, 1.165) is 48.3 Å². The molecule has 18 heavy (non-hydrogen) atoms. The van der Waals surface area contributed by atoms with Gasteiger partial charge in [0.2, 0.25) is 0 Å². The van der Waals surface area contributed by atoms with Crippen LogP contribution in [0.3, 0.4) is 0 Å². The van der Waals surface area contributed by atoms with Crippen LogP contribution in [0.2, 0.25) is 10.0 Å². The molecule has 2 N–H and O–H groups in total. The fraction of sp³-hybridized carbons (Fsp3) is 0.538. The predicted molar refractivity (Wildman–Crippen MR) is 75.2 cm³/mol. The normalized spacial score (nSPS) is 21.2. The summed E-state index contributed by atoms with van der Waals surface area (Å²) in [6.07, 6.45) is 1.12. The lowest BCUT2D eigenvalue weighted by atomic mass is 10.1. The van der Waals surface area contributed by atoms with Gasteiger partial charge < -0.3 is 10.5 Å². The van der Waals surface area contributed by atoms with Gasteiger partial charge in [0, 0.05) is 35.2 Å². The molecule has 1 aromatic rings. The van der Waals surface area contributed by atoms with Crippen molar-refractivity contribution in [2.75, 3.05) is 26.2 Å². The molecule has 0 aromatic heterocycles. The second-order valence-corrected chi connectivity index (χ2v) is 5.32. The van der Waals surface area contributed by atoms with E-state index < -0.39 is 0 Å². The molecule has 1 atom stereocenters. The van der Waals surface area contributed by atoms with Gasteiger partial charge in [-0.25, -0.2) is 0 Å². The zero-order chi connectivity index (χ0) is 13.0. The number of hydrogen-bond acceptors (Lipinski definition) is 3. The Kier molecular flexibility index (Phi) is 5.27. The van der Waals surface area contributed by atoms with E-state index in [0.29, 0.717) is 6.54 Å². The van der Waals surface area contributed by atoms with Crippen molar-refractivity contribution in [1.82, 2.24) is 4.90 Å². The van der Waals surface area contributed by atoms with Crippen molar-refractivity contribution < 1.29 is 4.74 Å². The van der Waals surface area contributed by atoms with E-state index in [1.807, 2.05) is 18.2 Å². The number of ether oxygens (including phenoxy) is 1. The average Bonchev–Trinajstić information content (AvgIpc) is 2.35. The molecule has 0 saturated carbocycles. The molecule has 100 valence electrons. The molecule has 1 fully saturated rings. The summed E-state index contributed by atoms with van der Waals surface area (Å²) in [4.78, 5) is 2.32. The number of morpholine rings is 1. The van der Waals surface area contributed by atoms with E-state index in [2.05, 4.69) is 4.90 Å². The molecule has 3 nitrogen and oxygen atoms in total. The monoisotopic (exact) mass is 288 g/mol. The maximum Gasteiger partial charge on any atom is 0.0714 e. The maximum absolute atomic E-state index is 6.18. The van der Waals surface area contributed by atoms with Gasteiger partial charge in [0.15, 0.2) is 0 Å². The van der Waals surface area contributed by atoms with E-state index >= 15 is 0 Å². The minimum Gasteiger partial charge on any atom is -0.376 e. The highest BCUT2D eigenvalue weighted by Gasteiger charge is 2.21. The van der Waals surface area contributed by atoms with E-state index in [-0.39, 0.29) is 6.10 Å². The molecule has 0 amide bonds. The topological polar surface area (TPSA) is 38.5 Å². The van der Waals surface area contributed by atoms with Gasteiger partial charge in [0.1, 0.15) is 0 Å². The second-order valence-electron chi connectivity index (χ2n) is 4.51. The minimum atomic E-state index is 0.227. The molecule has 1 heterocycles. The molecule has 1 aromatic carbocycles. The molecule has 1 aliphatic rings. The number of benzene rings is 1. The van der Waals surface area contributed by atoms with Crippen molar-refractivity contribution in [3.8, 4) is 0 Å². The molecule has 0 spiro atoms. The van der Waals surface area contributed by atoms with Gasteiger partial charge in [0.25, 0.3) is 0 Å². The van der Waals surface area contributed by atoms with Crippen LogP contribution in [0, 0.1) is 0 Å². The van der Waals surface area contributed by atoms with Gasteiger partial charge in [-0.1, -0.05) is 29.3 Å². The summed E-state index contributed by atoms with van der Waals surface area (Å²) in [6.45, 7) is 3.96. The second kappa shape index (κ2) is 6.73. The molecule has 5 heteroatoms. The first-order valence-corrected chi connectivity index (χ1v) is 6.93. The first-order chi connectivity index (χ1) is 8.70. The van der Waals surface area contributed by atoms with Crippen molar-refractivity contribution in [3.63, 3.8) is 0 Å². The summed E-state index contributed by atoms with van der Waals surface area (Å²) in [6, 6.07) is 5.62. The Labute approximate surface area is 118 Å². The summed E-state index contributed by atoms with van der Waals surface area (Å²) in [5.41, 5.74) is 6.56. The van der Waals surface area contributed by atoms with Gasteiger partial charge >= 0.3 is 0 Å². The smallest absolute Gasteiger partial charge is 0.0714 e. The maximum atomic E-state index is 6.18. The number of hydrogen-bond donors (Lipinski definition) is 1. The third-order valence-electron chi connectivity index (χ3n) is 3.15. The highest BCUT2D eigenvalue weighted by atomic mass is 35.5. The summed E-state index contributed by atoms with van der Waals surface area (Å²) < 4.78 is 5.66. The number of nitrogens with two attached hydrogens (primary N) is 1.